The van der Waals surface area contributed by atoms with Crippen molar-refractivity contribution in [2.24, 2.45) is 5.73 Å². The summed E-state index contributed by atoms with van der Waals surface area (Å²) in [5.74, 6) is 0.230. The van der Waals surface area contributed by atoms with Gasteiger partial charge >= 0.3 is 0 Å². The molecule has 24 heavy (non-hydrogen) atoms. The minimum absolute atomic E-state index is 0.194. The van der Waals surface area contributed by atoms with Gasteiger partial charge in [0.1, 0.15) is 11.4 Å². The topological polar surface area (TPSA) is 107 Å². The van der Waals surface area contributed by atoms with Crippen LogP contribution in [0.15, 0.2) is 52.5 Å². The van der Waals surface area contributed by atoms with Crippen LogP contribution in [0.1, 0.15) is 10.5 Å². The average Bonchev–Trinajstić information content (AvgIpc) is 3.25. The first-order valence-corrected chi connectivity index (χ1v) is 7.82. The lowest BCUT2D eigenvalue weighted by molar-refractivity contribution is -0.119. The molecule has 0 saturated carbocycles. The molecule has 3 rings (SSSR count). The van der Waals surface area contributed by atoms with Gasteiger partial charge < -0.3 is 20.2 Å². The number of primary amides is 1. The number of amides is 2. The highest BCUT2D eigenvalue weighted by molar-refractivity contribution is 7.13. The van der Waals surface area contributed by atoms with Crippen LogP contribution in [0.3, 0.4) is 0 Å². The molecule has 7 nitrogen and oxygen atoms in total. The number of hydrogen-bond donors (Lipinski definition) is 2. The Hall–Kier alpha value is -3.13. The van der Waals surface area contributed by atoms with Crippen LogP contribution in [0.2, 0.25) is 0 Å². The third kappa shape index (κ3) is 3.79. The van der Waals surface area contributed by atoms with Gasteiger partial charge in [-0.15, -0.1) is 11.3 Å². The van der Waals surface area contributed by atoms with Crippen LogP contribution in [-0.2, 0) is 4.79 Å². The highest BCUT2D eigenvalue weighted by Crippen LogP contribution is 2.24. The Labute approximate surface area is 141 Å². The van der Waals surface area contributed by atoms with Crippen LogP contribution >= 0.6 is 11.3 Å². The molecule has 0 aliphatic heterocycles. The smallest absolute Gasteiger partial charge is 0.275 e. The standard InChI is InChI=1S/C16H13N3O4S/c17-14(20)8-23-11-5-3-10(4-6-11)18-15(21)12-9-24-16(19-12)13-2-1-7-22-13/h1-7,9H,8H2,(H2,17,20)(H,18,21). The quantitative estimate of drug-likeness (QED) is 0.715. The Morgan fingerprint density at radius 1 is 1.25 bits per heavy atom. The van der Waals surface area contributed by atoms with E-state index in [-0.39, 0.29) is 12.5 Å². The van der Waals surface area contributed by atoms with Crippen LogP contribution in [-0.4, -0.2) is 23.4 Å². The molecule has 0 spiro atoms. The van der Waals surface area contributed by atoms with E-state index in [4.69, 9.17) is 14.9 Å². The second-order valence-corrected chi connectivity index (χ2v) is 5.61. The fourth-order valence-corrected chi connectivity index (χ4v) is 2.64. The minimum atomic E-state index is -0.553. The monoisotopic (exact) mass is 343 g/mol. The van der Waals surface area contributed by atoms with Crippen molar-refractivity contribution < 1.29 is 18.7 Å². The highest BCUT2D eigenvalue weighted by atomic mass is 32.1. The highest BCUT2D eigenvalue weighted by Gasteiger charge is 2.13. The van der Waals surface area contributed by atoms with Crippen molar-refractivity contribution in [1.29, 1.82) is 0 Å². The van der Waals surface area contributed by atoms with E-state index in [0.717, 1.165) is 0 Å². The Kier molecular flexibility index (Phi) is 4.57. The zero-order valence-corrected chi connectivity index (χ0v) is 13.2. The summed E-state index contributed by atoms with van der Waals surface area (Å²) in [6.45, 7) is -0.194. The Morgan fingerprint density at radius 3 is 2.71 bits per heavy atom. The van der Waals surface area contributed by atoms with Gasteiger partial charge in [-0.25, -0.2) is 4.98 Å². The number of nitrogens with zero attached hydrogens (tertiary/aromatic N) is 1. The fourth-order valence-electron chi connectivity index (χ4n) is 1.88. The first-order chi connectivity index (χ1) is 11.6. The van der Waals surface area contributed by atoms with E-state index < -0.39 is 5.91 Å². The van der Waals surface area contributed by atoms with E-state index in [1.54, 1.807) is 48.0 Å². The second kappa shape index (κ2) is 6.97. The molecule has 0 saturated heterocycles. The van der Waals surface area contributed by atoms with E-state index in [1.165, 1.54) is 11.3 Å². The lowest BCUT2D eigenvalue weighted by Gasteiger charge is -2.06. The van der Waals surface area contributed by atoms with Gasteiger partial charge in [0.25, 0.3) is 11.8 Å². The molecule has 2 heterocycles. The lowest BCUT2D eigenvalue weighted by atomic mass is 10.3. The number of rotatable bonds is 6. The fraction of sp³-hybridized carbons (Fsp3) is 0.0625. The summed E-state index contributed by atoms with van der Waals surface area (Å²) in [6.07, 6.45) is 1.55. The first kappa shape index (κ1) is 15.8. The summed E-state index contributed by atoms with van der Waals surface area (Å²) >= 11 is 1.33. The maximum atomic E-state index is 12.2. The van der Waals surface area contributed by atoms with Crippen LogP contribution in [0.4, 0.5) is 5.69 Å². The van der Waals surface area contributed by atoms with Crippen molar-refractivity contribution in [3.8, 4) is 16.5 Å². The predicted octanol–water partition coefficient (Wildman–Crippen LogP) is 2.52. The number of thiazole rings is 1. The van der Waals surface area contributed by atoms with Crippen molar-refractivity contribution in [2.45, 2.75) is 0 Å². The van der Waals surface area contributed by atoms with Crippen molar-refractivity contribution in [3.63, 3.8) is 0 Å². The average molecular weight is 343 g/mol. The lowest BCUT2D eigenvalue weighted by Crippen LogP contribution is -2.20. The van der Waals surface area contributed by atoms with Crippen LogP contribution < -0.4 is 15.8 Å². The Bertz CT molecular complexity index is 841. The van der Waals surface area contributed by atoms with E-state index in [9.17, 15) is 9.59 Å². The number of carbonyl (C=O) groups is 2. The van der Waals surface area contributed by atoms with Gasteiger partial charge in [-0.05, 0) is 36.4 Å². The van der Waals surface area contributed by atoms with Gasteiger partial charge in [-0.1, -0.05) is 0 Å². The van der Waals surface area contributed by atoms with Crippen molar-refractivity contribution in [1.82, 2.24) is 4.98 Å². The molecule has 122 valence electrons. The molecule has 1 aromatic carbocycles. The van der Waals surface area contributed by atoms with Gasteiger partial charge in [0.15, 0.2) is 17.4 Å². The third-order valence-electron chi connectivity index (χ3n) is 2.96. The van der Waals surface area contributed by atoms with Crippen LogP contribution in [0.5, 0.6) is 5.75 Å². The van der Waals surface area contributed by atoms with Crippen molar-refractivity contribution in [3.05, 3.63) is 53.7 Å². The SMILES string of the molecule is NC(=O)COc1ccc(NC(=O)c2csc(-c3ccco3)n2)cc1. The van der Waals surface area contributed by atoms with Gasteiger partial charge in [0, 0.05) is 11.1 Å². The van der Waals surface area contributed by atoms with Gasteiger partial charge in [0.2, 0.25) is 0 Å². The van der Waals surface area contributed by atoms with Gasteiger partial charge in [-0.3, -0.25) is 9.59 Å². The molecule has 0 aliphatic carbocycles. The molecular weight excluding hydrogens is 330 g/mol. The molecule has 0 bridgehead atoms. The van der Waals surface area contributed by atoms with E-state index in [2.05, 4.69) is 10.3 Å². The van der Waals surface area contributed by atoms with Crippen molar-refractivity contribution in [2.75, 3.05) is 11.9 Å². The summed E-state index contributed by atoms with van der Waals surface area (Å²) in [4.78, 5) is 27.1. The Morgan fingerprint density at radius 2 is 2.04 bits per heavy atom. The van der Waals surface area contributed by atoms with Crippen LogP contribution in [0, 0.1) is 0 Å². The minimum Gasteiger partial charge on any atom is -0.484 e. The molecule has 3 aromatic rings. The summed E-state index contributed by atoms with van der Waals surface area (Å²) in [5, 5.41) is 5.04. The molecule has 0 unspecified atom stereocenters. The first-order valence-electron chi connectivity index (χ1n) is 6.94. The molecule has 0 aliphatic rings. The number of furan rings is 1. The molecule has 3 N–H and O–H groups in total. The van der Waals surface area contributed by atoms with Crippen LogP contribution in [0.25, 0.3) is 10.8 Å². The molecule has 2 amide bonds. The summed E-state index contributed by atoms with van der Waals surface area (Å²) in [6, 6.07) is 10.1. The zero-order valence-electron chi connectivity index (χ0n) is 12.4. The largest absolute Gasteiger partial charge is 0.484 e. The maximum absolute atomic E-state index is 12.2. The van der Waals surface area contributed by atoms with Gasteiger partial charge in [-0.2, -0.15) is 0 Å². The van der Waals surface area contributed by atoms with Crippen molar-refractivity contribution >= 4 is 28.8 Å². The molecular formula is C16H13N3O4S. The molecule has 0 radical (unpaired) electrons. The second-order valence-electron chi connectivity index (χ2n) is 4.75. The Balaban J connectivity index is 1.63. The zero-order chi connectivity index (χ0) is 16.9. The maximum Gasteiger partial charge on any atom is 0.275 e. The number of aromatic nitrogens is 1. The number of hydrogen-bond acceptors (Lipinski definition) is 6. The number of anilines is 1. The molecule has 8 heteroatoms. The van der Waals surface area contributed by atoms with E-state index in [0.29, 0.717) is 27.9 Å². The molecule has 2 aromatic heterocycles. The number of ether oxygens (including phenoxy) is 1. The van der Waals surface area contributed by atoms with E-state index >= 15 is 0 Å². The summed E-state index contributed by atoms with van der Waals surface area (Å²) in [5.41, 5.74) is 5.89. The number of nitrogens with one attached hydrogen (secondary N) is 1. The summed E-state index contributed by atoms with van der Waals surface area (Å²) < 4.78 is 10.4. The molecule has 0 atom stereocenters. The normalized spacial score (nSPS) is 10.3. The predicted molar refractivity (Wildman–Crippen MR) is 88.9 cm³/mol. The molecule has 0 fully saturated rings. The third-order valence-corrected chi connectivity index (χ3v) is 3.82. The number of nitrogens with two attached hydrogens (primary N) is 1. The summed E-state index contributed by atoms with van der Waals surface area (Å²) in [7, 11) is 0. The van der Waals surface area contributed by atoms with Gasteiger partial charge in [0.05, 0.1) is 6.26 Å². The number of benzene rings is 1. The number of carbonyl (C=O) groups excluding carboxylic acids is 2. The van der Waals surface area contributed by atoms with E-state index in [1.807, 2.05) is 0 Å².